The minimum Gasteiger partial charge on any atom is -0.368 e. The molecule has 2 aromatic heterocycles. The lowest BCUT2D eigenvalue weighted by molar-refractivity contribution is 0.625. The molecule has 176 valence electrons. The number of piperazine rings is 1. The molecule has 6 rings (SSSR count). The molecule has 0 unspecified atom stereocenters. The van der Waals surface area contributed by atoms with Crippen molar-refractivity contribution in [3.63, 3.8) is 0 Å². The summed E-state index contributed by atoms with van der Waals surface area (Å²) in [5.41, 5.74) is 6.36. The third-order valence-electron chi connectivity index (χ3n) is 6.66. The van der Waals surface area contributed by atoms with E-state index in [2.05, 4.69) is 56.6 Å². The van der Waals surface area contributed by atoms with Crippen molar-refractivity contribution in [2.24, 2.45) is 0 Å². The Morgan fingerprint density at radius 3 is 2.14 bits per heavy atom. The molecule has 1 aliphatic rings. The maximum atomic E-state index is 13.2. The highest BCUT2D eigenvalue weighted by Crippen LogP contribution is 2.25. The van der Waals surface area contributed by atoms with E-state index in [4.69, 9.17) is 4.98 Å². The number of para-hydroxylation sites is 1. The number of nitrogens with zero attached hydrogens (tertiary/aromatic N) is 5. The zero-order valence-electron chi connectivity index (χ0n) is 19.7. The third-order valence-corrected chi connectivity index (χ3v) is 6.66. The van der Waals surface area contributed by atoms with Crippen LogP contribution in [0.2, 0.25) is 0 Å². The van der Waals surface area contributed by atoms with Gasteiger partial charge in [-0.1, -0.05) is 24.3 Å². The maximum absolute atomic E-state index is 13.2. The van der Waals surface area contributed by atoms with Crippen molar-refractivity contribution < 1.29 is 4.39 Å². The van der Waals surface area contributed by atoms with Crippen molar-refractivity contribution in [3.05, 3.63) is 95.9 Å². The van der Waals surface area contributed by atoms with Crippen molar-refractivity contribution in [2.45, 2.75) is 13.5 Å². The predicted octanol–water partition coefficient (Wildman–Crippen LogP) is 5.27. The average molecular weight is 467 g/mol. The normalized spacial score (nSPS) is 14.1. The molecule has 0 radical (unpaired) electrons. The second-order valence-electron chi connectivity index (χ2n) is 9.00. The molecule has 7 heteroatoms. The van der Waals surface area contributed by atoms with Gasteiger partial charge in [-0.25, -0.2) is 13.9 Å². The van der Waals surface area contributed by atoms with Crippen LogP contribution in [0.5, 0.6) is 0 Å². The van der Waals surface area contributed by atoms with Crippen LogP contribution in [0.4, 0.5) is 21.6 Å². The molecule has 3 aromatic carbocycles. The Kier molecular flexibility index (Phi) is 5.45. The van der Waals surface area contributed by atoms with E-state index in [9.17, 15) is 4.39 Å². The van der Waals surface area contributed by atoms with Crippen LogP contribution in [-0.4, -0.2) is 40.8 Å². The Hall–Kier alpha value is -4.13. The highest BCUT2D eigenvalue weighted by atomic mass is 19.1. The summed E-state index contributed by atoms with van der Waals surface area (Å²) in [4.78, 5) is 9.54. The summed E-state index contributed by atoms with van der Waals surface area (Å²) in [6.45, 7) is 6.40. The smallest absolute Gasteiger partial charge is 0.158 e. The zero-order chi connectivity index (χ0) is 23.8. The summed E-state index contributed by atoms with van der Waals surface area (Å²) in [6, 6.07) is 25.7. The van der Waals surface area contributed by atoms with Crippen molar-refractivity contribution in [1.29, 1.82) is 0 Å². The van der Waals surface area contributed by atoms with Gasteiger partial charge in [-0.15, -0.1) is 0 Å². The first kappa shape index (κ1) is 21.4. The van der Waals surface area contributed by atoms with E-state index in [1.165, 1.54) is 23.4 Å². The first-order valence-corrected chi connectivity index (χ1v) is 12.0. The van der Waals surface area contributed by atoms with Crippen molar-refractivity contribution in [2.75, 3.05) is 41.3 Å². The summed E-state index contributed by atoms with van der Waals surface area (Å²) in [7, 11) is 0. The van der Waals surface area contributed by atoms with Crippen LogP contribution in [0.1, 0.15) is 11.3 Å². The first-order valence-electron chi connectivity index (χ1n) is 12.0. The second-order valence-corrected chi connectivity index (χ2v) is 9.00. The average Bonchev–Trinajstić information content (AvgIpc) is 3.28. The van der Waals surface area contributed by atoms with E-state index in [1.54, 1.807) is 0 Å². The summed E-state index contributed by atoms with van der Waals surface area (Å²) < 4.78 is 15.1. The highest BCUT2D eigenvalue weighted by Gasteiger charge is 2.17. The quantitative estimate of drug-likeness (QED) is 0.383. The number of hydrogen-bond acceptors (Lipinski definition) is 5. The van der Waals surface area contributed by atoms with Crippen molar-refractivity contribution >= 4 is 33.7 Å². The van der Waals surface area contributed by atoms with Crippen LogP contribution in [0.3, 0.4) is 0 Å². The van der Waals surface area contributed by atoms with Gasteiger partial charge in [0.2, 0.25) is 0 Å². The zero-order valence-corrected chi connectivity index (χ0v) is 19.7. The Labute approximate surface area is 203 Å². The van der Waals surface area contributed by atoms with Crippen LogP contribution in [0, 0.1) is 12.7 Å². The minimum atomic E-state index is -0.191. The van der Waals surface area contributed by atoms with Crippen LogP contribution >= 0.6 is 0 Å². The Morgan fingerprint density at radius 2 is 1.46 bits per heavy atom. The lowest BCUT2D eigenvalue weighted by Crippen LogP contribution is -2.46. The van der Waals surface area contributed by atoms with E-state index in [0.717, 1.165) is 59.9 Å². The van der Waals surface area contributed by atoms with Gasteiger partial charge in [0.05, 0.1) is 11.2 Å². The van der Waals surface area contributed by atoms with Gasteiger partial charge in [0.15, 0.2) is 5.65 Å². The summed E-state index contributed by atoms with van der Waals surface area (Å²) in [5, 5.41) is 9.17. The fraction of sp³-hybridized carbons (Fsp3) is 0.214. The number of rotatable bonds is 5. The fourth-order valence-corrected chi connectivity index (χ4v) is 4.80. The number of aryl methyl sites for hydroxylation is 1. The number of halogens is 1. The molecule has 0 atom stereocenters. The summed E-state index contributed by atoms with van der Waals surface area (Å²) >= 11 is 0. The maximum Gasteiger partial charge on any atom is 0.158 e. The topological polar surface area (TPSA) is 48.7 Å². The molecule has 6 nitrogen and oxygen atoms in total. The van der Waals surface area contributed by atoms with E-state index in [-0.39, 0.29) is 5.82 Å². The first-order chi connectivity index (χ1) is 17.1. The second kappa shape index (κ2) is 8.91. The van der Waals surface area contributed by atoms with Crippen LogP contribution in [-0.2, 0) is 6.54 Å². The Balaban J connectivity index is 1.12. The van der Waals surface area contributed by atoms with Gasteiger partial charge in [0, 0.05) is 55.6 Å². The summed E-state index contributed by atoms with van der Waals surface area (Å²) in [6.07, 6.45) is 0. The molecule has 3 heterocycles. The summed E-state index contributed by atoms with van der Waals surface area (Å²) in [5.74, 6) is 0.678. The number of fused-ring (bicyclic) bond motifs is 3. The largest absolute Gasteiger partial charge is 0.368 e. The molecular weight excluding hydrogens is 439 g/mol. The monoisotopic (exact) mass is 466 g/mol. The van der Waals surface area contributed by atoms with E-state index >= 15 is 0 Å². The number of anilines is 3. The van der Waals surface area contributed by atoms with Gasteiger partial charge in [-0.05, 0) is 61.0 Å². The van der Waals surface area contributed by atoms with Crippen LogP contribution in [0.25, 0.3) is 16.6 Å². The molecule has 1 N–H and O–H groups in total. The molecule has 1 aliphatic heterocycles. The van der Waals surface area contributed by atoms with Crippen LogP contribution < -0.4 is 15.1 Å². The van der Waals surface area contributed by atoms with Crippen molar-refractivity contribution in [3.8, 4) is 0 Å². The van der Waals surface area contributed by atoms with Gasteiger partial charge >= 0.3 is 0 Å². The lowest BCUT2D eigenvalue weighted by atomic mass is 10.1. The lowest BCUT2D eigenvalue weighted by Gasteiger charge is -2.37. The van der Waals surface area contributed by atoms with Gasteiger partial charge in [0.25, 0.3) is 0 Å². The predicted molar refractivity (Wildman–Crippen MR) is 140 cm³/mol. The van der Waals surface area contributed by atoms with Crippen LogP contribution in [0.15, 0.2) is 78.9 Å². The molecule has 1 saturated heterocycles. The van der Waals surface area contributed by atoms with Gasteiger partial charge in [-0.3, -0.25) is 0 Å². The molecule has 0 aliphatic carbocycles. The Bertz CT molecular complexity index is 1470. The van der Waals surface area contributed by atoms with Crippen molar-refractivity contribution in [1.82, 2.24) is 14.6 Å². The molecule has 5 aromatic rings. The van der Waals surface area contributed by atoms with Gasteiger partial charge in [0.1, 0.15) is 11.6 Å². The molecule has 0 saturated carbocycles. The van der Waals surface area contributed by atoms with Gasteiger partial charge in [-0.2, -0.15) is 5.10 Å². The molecule has 0 amide bonds. The van der Waals surface area contributed by atoms with Gasteiger partial charge < -0.3 is 15.1 Å². The number of nitrogens with one attached hydrogen (secondary N) is 1. The minimum absolute atomic E-state index is 0.191. The number of hydrogen-bond donors (Lipinski definition) is 1. The fourth-order valence-electron chi connectivity index (χ4n) is 4.80. The SMILES string of the molecule is Cc1cc2nc(NCc3ccc(N4CCN(c5ccc(F)cc5)CC4)cc3)c3ccccc3n2n1. The van der Waals surface area contributed by atoms with E-state index in [1.807, 2.05) is 41.8 Å². The van der Waals surface area contributed by atoms with E-state index in [0.29, 0.717) is 6.54 Å². The number of benzene rings is 3. The molecule has 0 bridgehead atoms. The highest BCUT2D eigenvalue weighted by molar-refractivity contribution is 5.91. The standard InChI is InChI=1S/C28H27FN6/c1-20-18-27-31-28(25-4-2-3-5-26(25)35(27)32-20)30-19-21-6-10-23(11-7-21)33-14-16-34(17-15-33)24-12-8-22(29)9-13-24/h2-13,18H,14-17,19H2,1H3,(H,30,31). The molecule has 35 heavy (non-hydrogen) atoms. The molecular formula is C28H27FN6. The third kappa shape index (κ3) is 4.25. The molecule has 1 fully saturated rings. The molecule has 0 spiro atoms. The van der Waals surface area contributed by atoms with E-state index < -0.39 is 0 Å². The Morgan fingerprint density at radius 1 is 0.829 bits per heavy atom. The number of aromatic nitrogens is 3.